The first-order chi connectivity index (χ1) is 7.75. The van der Waals surface area contributed by atoms with Crippen LogP contribution in [-0.2, 0) is 0 Å². The highest BCUT2D eigenvalue weighted by Crippen LogP contribution is 2.12. The fourth-order valence-electron chi connectivity index (χ4n) is 2.02. The average molecular weight is 219 g/mol. The number of rotatable bonds is 3. The second kappa shape index (κ2) is 5.07. The quantitative estimate of drug-likeness (QED) is 0.816. The third kappa shape index (κ3) is 2.79. The van der Waals surface area contributed by atoms with Crippen LogP contribution in [0.5, 0.6) is 0 Å². The van der Waals surface area contributed by atoms with E-state index in [9.17, 15) is 4.79 Å². The van der Waals surface area contributed by atoms with Gasteiger partial charge in [0.25, 0.3) is 5.91 Å². The third-order valence-electron chi connectivity index (χ3n) is 2.94. The summed E-state index contributed by atoms with van der Waals surface area (Å²) in [5, 5.41) is 2.93. The Bertz CT molecular complexity index is 353. The first kappa shape index (κ1) is 11.1. The number of carbonyl (C=O) groups excluding carboxylic acids is 1. The van der Waals surface area contributed by atoms with E-state index in [2.05, 4.69) is 22.2 Å². The van der Waals surface area contributed by atoms with Gasteiger partial charge in [0.2, 0.25) is 0 Å². The molecule has 1 amide bonds. The van der Waals surface area contributed by atoms with Gasteiger partial charge in [-0.3, -0.25) is 9.78 Å². The van der Waals surface area contributed by atoms with Crippen molar-refractivity contribution in [2.24, 2.45) is 5.92 Å². The summed E-state index contributed by atoms with van der Waals surface area (Å²) in [6.07, 6.45) is 2.80. The van der Waals surface area contributed by atoms with Crippen LogP contribution in [0.15, 0.2) is 24.4 Å². The fraction of sp³-hybridized carbons (Fsp3) is 0.500. The minimum Gasteiger partial charge on any atom is -0.350 e. The molecule has 0 bridgehead atoms. The van der Waals surface area contributed by atoms with Crippen LogP contribution in [0.25, 0.3) is 0 Å². The Balaban J connectivity index is 1.80. The molecule has 4 heteroatoms. The molecule has 1 unspecified atom stereocenters. The number of pyridine rings is 1. The summed E-state index contributed by atoms with van der Waals surface area (Å²) in [5.41, 5.74) is 0.494. The summed E-state index contributed by atoms with van der Waals surface area (Å²) in [6, 6.07) is 5.37. The number of aromatic nitrogens is 1. The van der Waals surface area contributed by atoms with Gasteiger partial charge in [0.1, 0.15) is 5.69 Å². The van der Waals surface area contributed by atoms with E-state index < -0.39 is 0 Å². The molecule has 1 saturated heterocycles. The lowest BCUT2D eigenvalue weighted by Gasteiger charge is -2.11. The predicted octanol–water partition coefficient (Wildman–Crippen LogP) is 0.763. The fourth-order valence-corrected chi connectivity index (χ4v) is 2.02. The second-order valence-electron chi connectivity index (χ2n) is 4.34. The Morgan fingerprint density at radius 3 is 3.12 bits per heavy atom. The van der Waals surface area contributed by atoms with Gasteiger partial charge in [0.05, 0.1) is 0 Å². The van der Waals surface area contributed by atoms with Gasteiger partial charge in [-0.1, -0.05) is 6.07 Å². The van der Waals surface area contributed by atoms with E-state index in [4.69, 9.17) is 0 Å². The zero-order valence-electron chi connectivity index (χ0n) is 9.52. The molecule has 0 saturated carbocycles. The van der Waals surface area contributed by atoms with Gasteiger partial charge in [-0.15, -0.1) is 0 Å². The van der Waals surface area contributed by atoms with Crippen LogP contribution in [0, 0.1) is 5.92 Å². The predicted molar refractivity (Wildman–Crippen MR) is 62.2 cm³/mol. The van der Waals surface area contributed by atoms with E-state index in [0.29, 0.717) is 11.6 Å². The largest absolute Gasteiger partial charge is 0.350 e. The molecule has 2 heterocycles. The SMILES string of the molecule is CN1CCC(CNC(=O)c2ccccn2)C1. The topological polar surface area (TPSA) is 45.2 Å². The first-order valence-corrected chi connectivity index (χ1v) is 5.63. The molecule has 2 rings (SSSR count). The van der Waals surface area contributed by atoms with Crippen LogP contribution in [0.3, 0.4) is 0 Å². The highest BCUT2D eigenvalue weighted by Gasteiger charge is 2.20. The Morgan fingerprint density at radius 1 is 1.62 bits per heavy atom. The number of amides is 1. The normalized spacial score (nSPS) is 20.9. The maximum Gasteiger partial charge on any atom is 0.269 e. The number of likely N-dealkylation sites (tertiary alicyclic amines) is 1. The van der Waals surface area contributed by atoms with Crippen LogP contribution in [0.2, 0.25) is 0 Å². The van der Waals surface area contributed by atoms with Crippen molar-refractivity contribution in [3.63, 3.8) is 0 Å². The van der Waals surface area contributed by atoms with Gasteiger partial charge in [-0.05, 0) is 38.1 Å². The molecular weight excluding hydrogens is 202 g/mol. The van der Waals surface area contributed by atoms with Crippen LogP contribution in [0.1, 0.15) is 16.9 Å². The second-order valence-corrected chi connectivity index (χ2v) is 4.34. The van der Waals surface area contributed by atoms with Gasteiger partial charge >= 0.3 is 0 Å². The smallest absolute Gasteiger partial charge is 0.269 e. The van der Waals surface area contributed by atoms with E-state index in [1.807, 2.05) is 12.1 Å². The molecule has 1 aliphatic rings. The van der Waals surface area contributed by atoms with Crippen molar-refractivity contribution in [2.45, 2.75) is 6.42 Å². The van der Waals surface area contributed by atoms with Crippen LogP contribution >= 0.6 is 0 Å². The van der Waals surface area contributed by atoms with Crippen molar-refractivity contribution in [3.05, 3.63) is 30.1 Å². The number of carbonyl (C=O) groups is 1. The molecule has 1 atom stereocenters. The van der Waals surface area contributed by atoms with Gasteiger partial charge in [0.15, 0.2) is 0 Å². The minimum absolute atomic E-state index is 0.0739. The number of hydrogen-bond donors (Lipinski definition) is 1. The Kier molecular flexibility index (Phi) is 3.51. The monoisotopic (exact) mass is 219 g/mol. The average Bonchev–Trinajstić information content (AvgIpc) is 2.73. The molecule has 1 aromatic rings. The van der Waals surface area contributed by atoms with Crippen molar-refractivity contribution >= 4 is 5.91 Å². The summed E-state index contributed by atoms with van der Waals surface area (Å²) in [7, 11) is 2.11. The van der Waals surface area contributed by atoms with E-state index >= 15 is 0 Å². The van der Waals surface area contributed by atoms with E-state index in [0.717, 1.165) is 19.6 Å². The lowest BCUT2D eigenvalue weighted by Crippen LogP contribution is -2.30. The highest BCUT2D eigenvalue weighted by atomic mass is 16.1. The molecule has 0 radical (unpaired) electrons. The zero-order valence-corrected chi connectivity index (χ0v) is 9.52. The molecule has 1 aromatic heterocycles. The molecule has 0 aromatic carbocycles. The molecule has 0 aliphatic carbocycles. The van der Waals surface area contributed by atoms with Crippen LogP contribution in [0.4, 0.5) is 0 Å². The summed E-state index contributed by atoms with van der Waals surface area (Å²) < 4.78 is 0. The summed E-state index contributed by atoms with van der Waals surface area (Å²) >= 11 is 0. The van der Waals surface area contributed by atoms with Crippen molar-refractivity contribution in [1.29, 1.82) is 0 Å². The van der Waals surface area contributed by atoms with Crippen molar-refractivity contribution in [2.75, 3.05) is 26.7 Å². The molecular formula is C12H17N3O. The van der Waals surface area contributed by atoms with Gasteiger partial charge in [-0.2, -0.15) is 0 Å². The number of hydrogen-bond acceptors (Lipinski definition) is 3. The molecule has 86 valence electrons. The maximum atomic E-state index is 11.7. The van der Waals surface area contributed by atoms with E-state index in [1.165, 1.54) is 6.42 Å². The molecule has 1 N–H and O–H groups in total. The van der Waals surface area contributed by atoms with Crippen molar-refractivity contribution in [1.82, 2.24) is 15.2 Å². The lowest BCUT2D eigenvalue weighted by atomic mass is 10.1. The summed E-state index contributed by atoms with van der Waals surface area (Å²) in [6.45, 7) is 2.95. The standard InChI is InChI=1S/C12H17N3O/c1-15-7-5-10(9-15)8-14-12(16)11-4-2-3-6-13-11/h2-4,6,10H,5,7-9H2,1H3,(H,14,16). The van der Waals surface area contributed by atoms with Crippen molar-refractivity contribution < 1.29 is 4.79 Å². The first-order valence-electron chi connectivity index (χ1n) is 5.63. The Hall–Kier alpha value is -1.42. The van der Waals surface area contributed by atoms with Crippen LogP contribution in [-0.4, -0.2) is 42.5 Å². The van der Waals surface area contributed by atoms with Gasteiger partial charge in [-0.25, -0.2) is 0 Å². The molecule has 1 fully saturated rings. The van der Waals surface area contributed by atoms with Gasteiger partial charge in [0, 0.05) is 19.3 Å². The van der Waals surface area contributed by atoms with E-state index in [1.54, 1.807) is 12.3 Å². The summed E-state index contributed by atoms with van der Waals surface area (Å²) in [4.78, 5) is 18.0. The molecule has 1 aliphatic heterocycles. The van der Waals surface area contributed by atoms with E-state index in [-0.39, 0.29) is 5.91 Å². The van der Waals surface area contributed by atoms with Crippen molar-refractivity contribution in [3.8, 4) is 0 Å². The third-order valence-corrected chi connectivity index (χ3v) is 2.94. The Morgan fingerprint density at radius 2 is 2.50 bits per heavy atom. The zero-order chi connectivity index (χ0) is 11.4. The lowest BCUT2D eigenvalue weighted by molar-refractivity contribution is 0.0942. The molecule has 0 spiro atoms. The minimum atomic E-state index is -0.0739. The summed E-state index contributed by atoms with van der Waals surface area (Å²) in [5.74, 6) is 0.507. The number of nitrogens with zero attached hydrogens (tertiary/aromatic N) is 2. The maximum absolute atomic E-state index is 11.7. The molecule has 16 heavy (non-hydrogen) atoms. The van der Waals surface area contributed by atoms with Crippen LogP contribution < -0.4 is 5.32 Å². The van der Waals surface area contributed by atoms with Gasteiger partial charge < -0.3 is 10.2 Å². The highest BCUT2D eigenvalue weighted by molar-refractivity contribution is 5.92. The Labute approximate surface area is 95.7 Å². The molecule has 4 nitrogen and oxygen atoms in total. The number of nitrogens with one attached hydrogen (secondary N) is 1.